The van der Waals surface area contributed by atoms with Gasteiger partial charge in [-0.25, -0.2) is 0 Å². The molecule has 1 atom stereocenters. The van der Waals surface area contributed by atoms with E-state index in [1.807, 2.05) is 37.3 Å². The highest BCUT2D eigenvalue weighted by Crippen LogP contribution is 2.23. The second-order valence-corrected chi connectivity index (χ2v) is 4.63. The van der Waals surface area contributed by atoms with Gasteiger partial charge in [0, 0.05) is 6.04 Å². The van der Waals surface area contributed by atoms with Crippen molar-refractivity contribution in [3.8, 4) is 11.1 Å². The van der Waals surface area contributed by atoms with Gasteiger partial charge < -0.3 is 5.73 Å². The number of rotatable bonds is 4. The Morgan fingerprint density at radius 3 is 2.42 bits per heavy atom. The van der Waals surface area contributed by atoms with E-state index >= 15 is 0 Å². The van der Waals surface area contributed by atoms with Crippen LogP contribution in [0.2, 0.25) is 0 Å². The topological polar surface area (TPSA) is 26.0 Å². The van der Waals surface area contributed by atoms with Gasteiger partial charge in [-0.15, -0.1) is 0 Å². The van der Waals surface area contributed by atoms with Crippen molar-refractivity contribution in [3.05, 3.63) is 84.5 Å². The van der Waals surface area contributed by atoms with Gasteiger partial charge in [-0.05, 0) is 29.7 Å². The van der Waals surface area contributed by atoms with Crippen LogP contribution in [0, 0.1) is 0 Å². The van der Waals surface area contributed by atoms with Crippen LogP contribution in [0.15, 0.2) is 78.9 Å². The number of allylic oxidation sites excluding steroid dienone is 2. The van der Waals surface area contributed by atoms with E-state index < -0.39 is 0 Å². The van der Waals surface area contributed by atoms with Crippen molar-refractivity contribution >= 4 is 0 Å². The maximum absolute atomic E-state index is 6.19. The highest BCUT2D eigenvalue weighted by molar-refractivity contribution is 5.64. The molecule has 2 aromatic carbocycles. The molecule has 0 aliphatic rings. The predicted octanol–water partition coefficient (Wildman–Crippen LogP) is 4.49. The molecule has 0 heterocycles. The van der Waals surface area contributed by atoms with Crippen LogP contribution in [0.4, 0.5) is 0 Å². The lowest BCUT2D eigenvalue weighted by Gasteiger charge is -2.10. The van der Waals surface area contributed by atoms with E-state index in [1.165, 1.54) is 11.1 Å². The number of benzene rings is 2. The molecule has 0 aliphatic heterocycles. The lowest BCUT2D eigenvalue weighted by atomic mass is 9.99. The third-order valence-electron chi connectivity index (χ3n) is 3.14. The minimum atomic E-state index is -0.0957. The van der Waals surface area contributed by atoms with Gasteiger partial charge in [0.25, 0.3) is 0 Å². The Bertz CT molecular complexity index is 582. The fourth-order valence-electron chi connectivity index (χ4n) is 2.00. The molecule has 1 heteroatoms. The van der Waals surface area contributed by atoms with Crippen LogP contribution in [0.5, 0.6) is 0 Å². The van der Waals surface area contributed by atoms with Gasteiger partial charge in [-0.2, -0.15) is 0 Å². The number of hydrogen-bond acceptors (Lipinski definition) is 1. The first-order valence-electron chi connectivity index (χ1n) is 6.42. The smallest absolute Gasteiger partial charge is 0.0486 e. The molecule has 0 saturated heterocycles. The third-order valence-corrected chi connectivity index (χ3v) is 3.14. The lowest BCUT2D eigenvalue weighted by Crippen LogP contribution is -2.07. The van der Waals surface area contributed by atoms with Crippen molar-refractivity contribution in [2.45, 2.75) is 13.0 Å². The molecule has 0 aliphatic carbocycles. The molecule has 19 heavy (non-hydrogen) atoms. The van der Waals surface area contributed by atoms with Crippen LogP contribution in [0.25, 0.3) is 11.1 Å². The molecule has 0 aromatic heterocycles. The van der Waals surface area contributed by atoms with Crippen LogP contribution in [-0.4, -0.2) is 0 Å². The molecule has 0 saturated carbocycles. The molecular weight excluding hydrogens is 230 g/mol. The summed E-state index contributed by atoms with van der Waals surface area (Å²) >= 11 is 0. The Hall–Kier alpha value is -2.12. The molecular formula is C18H19N. The minimum Gasteiger partial charge on any atom is -0.321 e. The predicted molar refractivity (Wildman–Crippen MR) is 82.8 cm³/mol. The van der Waals surface area contributed by atoms with Crippen LogP contribution >= 0.6 is 0 Å². The summed E-state index contributed by atoms with van der Waals surface area (Å²) in [7, 11) is 0. The first kappa shape index (κ1) is 13.3. The fraction of sp³-hybridized carbons (Fsp3) is 0.111. The molecule has 1 nitrogen and oxygen atoms in total. The summed E-state index contributed by atoms with van der Waals surface area (Å²) in [6, 6.07) is 18.6. The Balaban J connectivity index is 2.32. The standard InChI is InChI=1S/C18H19N/c1-3-14(2)12-18(19)17-11-7-10-16(13-17)15-8-5-4-6-9-15/h3-13,18H,1,19H2,2H3/b14-12-. The highest BCUT2D eigenvalue weighted by atomic mass is 14.6. The normalized spacial score (nSPS) is 13.1. The zero-order valence-electron chi connectivity index (χ0n) is 11.2. The van der Waals surface area contributed by atoms with E-state index in [9.17, 15) is 0 Å². The summed E-state index contributed by atoms with van der Waals surface area (Å²) in [5, 5.41) is 0. The molecule has 2 N–H and O–H groups in total. The van der Waals surface area contributed by atoms with E-state index in [0.717, 1.165) is 11.1 Å². The van der Waals surface area contributed by atoms with Gasteiger partial charge in [0.05, 0.1) is 0 Å². The van der Waals surface area contributed by atoms with E-state index in [2.05, 4.69) is 43.0 Å². The lowest BCUT2D eigenvalue weighted by molar-refractivity contribution is 0.904. The SMILES string of the molecule is C=C/C(C)=C\C(N)c1cccc(-c2ccccc2)c1. The molecule has 2 rings (SSSR count). The molecule has 1 unspecified atom stereocenters. The van der Waals surface area contributed by atoms with E-state index in [4.69, 9.17) is 5.73 Å². The quantitative estimate of drug-likeness (QED) is 0.794. The van der Waals surface area contributed by atoms with Crippen LogP contribution in [0.3, 0.4) is 0 Å². The second kappa shape index (κ2) is 6.17. The summed E-state index contributed by atoms with van der Waals surface area (Å²) in [4.78, 5) is 0. The zero-order chi connectivity index (χ0) is 13.7. The molecule has 0 fully saturated rings. The molecule has 0 radical (unpaired) electrons. The number of nitrogens with two attached hydrogens (primary N) is 1. The van der Waals surface area contributed by atoms with Gasteiger partial charge in [-0.3, -0.25) is 0 Å². The Morgan fingerprint density at radius 2 is 1.74 bits per heavy atom. The van der Waals surface area contributed by atoms with E-state index in [0.29, 0.717) is 0 Å². The minimum absolute atomic E-state index is 0.0957. The van der Waals surface area contributed by atoms with Gasteiger partial charge in [0.2, 0.25) is 0 Å². The Labute approximate surface area is 115 Å². The van der Waals surface area contributed by atoms with Crippen LogP contribution in [-0.2, 0) is 0 Å². The Morgan fingerprint density at radius 1 is 1.05 bits per heavy atom. The van der Waals surface area contributed by atoms with Gasteiger partial charge >= 0.3 is 0 Å². The molecule has 2 aromatic rings. The van der Waals surface area contributed by atoms with Crippen LogP contribution in [0.1, 0.15) is 18.5 Å². The summed E-state index contributed by atoms with van der Waals surface area (Å²) in [6.45, 7) is 5.76. The summed E-state index contributed by atoms with van der Waals surface area (Å²) < 4.78 is 0. The van der Waals surface area contributed by atoms with E-state index in [1.54, 1.807) is 0 Å². The monoisotopic (exact) mass is 249 g/mol. The van der Waals surface area contributed by atoms with Gasteiger partial charge in [0.1, 0.15) is 0 Å². The largest absolute Gasteiger partial charge is 0.321 e. The average Bonchev–Trinajstić information content (AvgIpc) is 2.48. The van der Waals surface area contributed by atoms with Crippen molar-refractivity contribution in [3.63, 3.8) is 0 Å². The maximum atomic E-state index is 6.19. The van der Waals surface area contributed by atoms with Gasteiger partial charge in [0.15, 0.2) is 0 Å². The average molecular weight is 249 g/mol. The van der Waals surface area contributed by atoms with Crippen molar-refractivity contribution < 1.29 is 0 Å². The zero-order valence-corrected chi connectivity index (χ0v) is 11.2. The summed E-state index contributed by atoms with van der Waals surface area (Å²) in [6.07, 6.45) is 3.85. The molecule has 0 amide bonds. The Kier molecular flexibility index (Phi) is 4.32. The third kappa shape index (κ3) is 3.43. The van der Waals surface area contributed by atoms with Crippen molar-refractivity contribution in [2.24, 2.45) is 5.73 Å². The van der Waals surface area contributed by atoms with Crippen LogP contribution < -0.4 is 5.73 Å². The van der Waals surface area contributed by atoms with E-state index in [-0.39, 0.29) is 6.04 Å². The first-order chi connectivity index (χ1) is 9.20. The summed E-state index contributed by atoms with van der Waals surface area (Å²) in [5.41, 5.74) is 10.8. The molecule has 0 bridgehead atoms. The second-order valence-electron chi connectivity index (χ2n) is 4.63. The fourth-order valence-corrected chi connectivity index (χ4v) is 2.00. The molecule has 96 valence electrons. The maximum Gasteiger partial charge on any atom is 0.0486 e. The number of hydrogen-bond donors (Lipinski definition) is 1. The molecule has 0 spiro atoms. The van der Waals surface area contributed by atoms with Crippen molar-refractivity contribution in [2.75, 3.05) is 0 Å². The van der Waals surface area contributed by atoms with Gasteiger partial charge in [-0.1, -0.05) is 72.8 Å². The van der Waals surface area contributed by atoms with Crippen molar-refractivity contribution in [1.82, 2.24) is 0 Å². The summed E-state index contributed by atoms with van der Waals surface area (Å²) in [5.74, 6) is 0. The first-order valence-corrected chi connectivity index (χ1v) is 6.42. The van der Waals surface area contributed by atoms with Crippen molar-refractivity contribution in [1.29, 1.82) is 0 Å². The highest BCUT2D eigenvalue weighted by Gasteiger charge is 2.04.